The first-order chi connectivity index (χ1) is 11.5. The summed E-state index contributed by atoms with van der Waals surface area (Å²) in [7, 11) is 0. The Morgan fingerprint density at radius 1 is 1.38 bits per heavy atom. The molecule has 0 aliphatic carbocycles. The largest absolute Gasteiger partial charge is 0.481 e. The van der Waals surface area contributed by atoms with Gasteiger partial charge in [0.1, 0.15) is 0 Å². The molecule has 2 aromatic heterocycles. The first-order valence-electron chi connectivity index (χ1n) is 7.70. The lowest BCUT2D eigenvalue weighted by molar-refractivity contribution is -0.147. The number of hydrogen-bond acceptors (Lipinski definition) is 5. The number of aromatic nitrogens is 3. The number of morpholine rings is 1. The second-order valence-electron chi connectivity index (χ2n) is 5.61. The number of hydrogen-bond donors (Lipinski definition) is 1. The second-order valence-corrected chi connectivity index (χ2v) is 5.61. The maximum atomic E-state index is 12.3. The van der Waals surface area contributed by atoms with Crippen LogP contribution < -0.4 is 5.69 Å². The third-order valence-electron chi connectivity index (χ3n) is 3.92. The average molecular weight is 334 g/mol. The number of fused-ring (bicyclic) bond motifs is 1. The molecule has 0 radical (unpaired) electrons. The van der Waals surface area contributed by atoms with E-state index in [4.69, 9.17) is 9.84 Å². The van der Waals surface area contributed by atoms with E-state index in [1.54, 1.807) is 29.3 Å². The van der Waals surface area contributed by atoms with Gasteiger partial charge < -0.3 is 14.7 Å². The highest BCUT2D eigenvalue weighted by Crippen LogP contribution is 2.10. The van der Waals surface area contributed by atoms with Crippen molar-refractivity contribution < 1.29 is 19.4 Å². The smallest absolute Gasteiger partial charge is 0.350 e. The quantitative estimate of drug-likeness (QED) is 0.797. The number of pyridine rings is 1. The van der Waals surface area contributed by atoms with E-state index in [1.807, 2.05) is 0 Å². The van der Waals surface area contributed by atoms with Gasteiger partial charge in [0.2, 0.25) is 5.91 Å². The molecule has 2 aromatic rings. The van der Waals surface area contributed by atoms with E-state index >= 15 is 0 Å². The average Bonchev–Trinajstić information content (AvgIpc) is 2.89. The van der Waals surface area contributed by atoms with Crippen molar-refractivity contribution in [2.45, 2.75) is 25.5 Å². The number of amides is 1. The maximum absolute atomic E-state index is 12.3. The number of carbonyl (C=O) groups is 2. The molecule has 1 aliphatic heterocycles. The zero-order valence-corrected chi connectivity index (χ0v) is 13.0. The number of aliphatic carboxylic acids is 1. The number of carbonyl (C=O) groups excluding carboxylic acids is 1. The van der Waals surface area contributed by atoms with Crippen molar-refractivity contribution >= 4 is 17.5 Å². The Kier molecular flexibility index (Phi) is 4.61. The molecule has 3 heterocycles. The minimum atomic E-state index is -0.953. The predicted molar refractivity (Wildman–Crippen MR) is 82.6 cm³/mol. The molecule has 1 N–H and O–H groups in total. The Morgan fingerprint density at radius 3 is 2.96 bits per heavy atom. The Morgan fingerprint density at radius 2 is 2.21 bits per heavy atom. The Balaban J connectivity index is 1.61. The second kappa shape index (κ2) is 6.83. The number of carboxylic acids is 1. The van der Waals surface area contributed by atoms with E-state index in [0.29, 0.717) is 18.8 Å². The van der Waals surface area contributed by atoms with Gasteiger partial charge in [0.15, 0.2) is 5.65 Å². The first-order valence-corrected chi connectivity index (χ1v) is 7.70. The van der Waals surface area contributed by atoms with Gasteiger partial charge in [-0.05, 0) is 12.1 Å². The van der Waals surface area contributed by atoms with Gasteiger partial charge in [-0.2, -0.15) is 0 Å². The van der Waals surface area contributed by atoms with Crippen molar-refractivity contribution in [3.8, 4) is 0 Å². The molecule has 0 bridgehead atoms. The van der Waals surface area contributed by atoms with Crippen LogP contribution in [0.5, 0.6) is 0 Å². The Hall–Kier alpha value is -2.68. The molecule has 0 saturated carbocycles. The summed E-state index contributed by atoms with van der Waals surface area (Å²) in [5.74, 6) is -1.09. The highest BCUT2D eigenvalue weighted by Gasteiger charge is 2.25. The third-order valence-corrected chi connectivity index (χ3v) is 3.92. The minimum Gasteiger partial charge on any atom is -0.481 e. The van der Waals surface area contributed by atoms with E-state index in [-0.39, 0.29) is 37.5 Å². The molecule has 1 saturated heterocycles. The molecule has 1 atom stereocenters. The number of rotatable bonds is 5. The van der Waals surface area contributed by atoms with Crippen molar-refractivity contribution in [2.24, 2.45) is 0 Å². The van der Waals surface area contributed by atoms with Crippen LogP contribution in [0.15, 0.2) is 29.2 Å². The molecular formula is C15H18N4O5. The highest BCUT2D eigenvalue weighted by atomic mass is 16.5. The monoisotopic (exact) mass is 334 g/mol. The van der Waals surface area contributed by atoms with Crippen LogP contribution in [0.4, 0.5) is 0 Å². The zero-order valence-electron chi connectivity index (χ0n) is 13.0. The first kappa shape index (κ1) is 16.2. The summed E-state index contributed by atoms with van der Waals surface area (Å²) in [5.41, 5.74) is 0.243. The van der Waals surface area contributed by atoms with Crippen molar-refractivity contribution in [1.82, 2.24) is 19.1 Å². The van der Waals surface area contributed by atoms with E-state index in [9.17, 15) is 14.4 Å². The molecule has 9 heteroatoms. The molecule has 1 amide bonds. The van der Waals surface area contributed by atoms with Crippen LogP contribution in [-0.4, -0.2) is 61.9 Å². The number of carboxylic acid groups (broad SMARTS) is 1. The van der Waals surface area contributed by atoms with Crippen molar-refractivity contribution in [3.05, 3.63) is 34.9 Å². The van der Waals surface area contributed by atoms with Gasteiger partial charge in [0.25, 0.3) is 0 Å². The van der Waals surface area contributed by atoms with Gasteiger partial charge in [0.05, 0.1) is 25.7 Å². The Bertz CT molecular complexity index is 812. The molecule has 3 rings (SSSR count). The highest BCUT2D eigenvalue weighted by molar-refractivity contribution is 5.76. The topological polar surface area (TPSA) is 106 Å². The van der Waals surface area contributed by atoms with Crippen LogP contribution >= 0.6 is 0 Å². The van der Waals surface area contributed by atoms with Crippen molar-refractivity contribution in [3.63, 3.8) is 0 Å². The van der Waals surface area contributed by atoms with E-state index in [1.165, 1.54) is 9.08 Å². The fourth-order valence-corrected chi connectivity index (χ4v) is 2.74. The van der Waals surface area contributed by atoms with E-state index in [0.717, 1.165) is 0 Å². The number of nitrogens with zero attached hydrogens (tertiary/aromatic N) is 4. The van der Waals surface area contributed by atoms with Crippen LogP contribution in [0.3, 0.4) is 0 Å². The Labute approximate surface area is 137 Å². The van der Waals surface area contributed by atoms with Crippen molar-refractivity contribution in [1.29, 1.82) is 0 Å². The van der Waals surface area contributed by atoms with E-state index < -0.39 is 12.1 Å². The lowest BCUT2D eigenvalue weighted by Crippen LogP contribution is -2.46. The van der Waals surface area contributed by atoms with Crippen LogP contribution in [0, 0.1) is 0 Å². The molecule has 1 fully saturated rings. The van der Waals surface area contributed by atoms with Gasteiger partial charge in [0, 0.05) is 25.7 Å². The summed E-state index contributed by atoms with van der Waals surface area (Å²) in [6.45, 7) is 1.18. The maximum Gasteiger partial charge on any atom is 0.350 e. The van der Waals surface area contributed by atoms with Gasteiger partial charge in [-0.3, -0.25) is 14.0 Å². The SMILES string of the molecule is O=C(O)CC1CN(C(=O)CCn2nc3ccccn3c2=O)CCO1. The third kappa shape index (κ3) is 3.46. The zero-order chi connectivity index (χ0) is 17.1. The fourth-order valence-electron chi connectivity index (χ4n) is 2.74. The number of aryl methyl sites for hydroxylation is 1. The summed E-state index contributed by atoms with van der Waals surface area (Å²) in [6.07, 6.45) is 1.14. The van der Waals surface area contributed by atoms with Crippen molar-refractivity contribution in [2.75, 3.05) is 19.7 Å². The summed E-state index contributed by atoms with van der Waals surface area (Å²) < 4.78 is 8.03. The molecule has 1 aliphatic rings. The summed E-state index contributed by atoms with van der Waals surface area (Å²) >= 11 is 0. The molecule has 128 valence electrons. The van der Waals surface area contributed by atoms with Gasteiger partial charge in [-0.15, -0.1) is 5.10 Å². The van der Waals surface area contributed by atoms with Crippen LogP contribution in [-0.2, 0) is 20.9 Å². The minimum absolute atomic E-state index is 0.129. The fraction of sp³-hybridized carbons (Fsp3) is 0.467. The van der Waals surface area contributed by atoms with Gasteiger partial charge in [-0.1, -0.05) is 6.07 Å². The van der Waals surface area contributed by atoms with Crippen LogP contribution in [0.2, 0.25) is 0 Å². The summed E-state index contributed by atoms with van der Waals surface area (Å²) in [5, 5.41) is 13.0. The van der Waals surface area contributed by atoms with Gasteiger partial charge >= 0.3 is 11.7 Å². The molecule has 1 unspecified atom stereocenters. The molecule has 0 spiro atoms. The lowest BCUT2D eigenvalue weighted by Gasteiger charge is -2.32. The standard InChI is InChI=1S/C15H18N4O5/c20-13(17-7-8-24-11(10-17)9-14(21)22)4-6-19-15(23)18-5-2-1-3-12(18)16-19/h1-3,5,11H,4,6-10H2,(H,21,22). The normalized spacial score (nSPS) is 18.0. The molecule has 0 aromatic carbocycles. The molecule has 9 nitrogen and oxygen atoms in total. The summed E-state index contributed by atoms with van der Waals surface area (Å²) in [6, 6.07) is 5.24. The summed E-state index contributed by atoms with van der Waals surface area (Å²) in [4.78, 5) is 36.8. The molecule has 24 heavy (non-hydrogen) atoms. The lowest BCUT2D eigenvalue weighted by atomic mass is 10.2. The van der Waals surface area contributed by atoms with Crippen LogP contribution in [0.25, 0.3) is 5.65 Å². The predicted octanol–water partition coefficient (Wildman–Crippen LogP) is -0.412. The molecular weight excluding hydrogens is 316 g/mol. The number of ether oxygens (including phenoxy) is 1. The van der Waals surface area contributed by atoms with Crippen LogP contribution in [0.1, 0.15) is 12.8 Å². The van der Waals surface area contributed by atoms with E-state index in [2.05, 4.69) is 5.10 Å². The van der Waals surface area contributed by atoms with Gasteiger partial charge in [-0.25, -0.2) is 9.48 Å².